The number of aromatic nitrogens is 3. The fourth-order valence-electron chi connectivity index (χ4n) is 5.01. The van der Waals surface area contributed by atoms with E-state index in [4.69, 9.17) is 9.47 Å². The number of pyridine rings is 1. The Labute approximate surface area is 217 Å². The van der Waals surface area contributed by atoms with Crippen LogP contribution < -0.4 is 20.5 Å². The number of amides is 1. The number of ether oxygens (including phenoxy) is 2. The van der Waals surface area contributed by atoms with Crippen LogP contribution in [0.25, 0.3) is 0 Å². The lowest BCUT2D eigenvalue weighted by atomic mass is 10.1. The van der Waals surface area contributed by atoms with Crippen molar-refractivity contribution in [2.45, 2.75) is 56.8 Å². The maximum absolute atomic E-state index is 13.1. The summed E-state index contributed by atoms with van der Waals surface area (Å²) in [6.45, 7) is 4.15. The van der Waals surface area contributed by atoms with Gasteiger partial charge in [-0.3, -0.25) is 9.59 Å². The van der Waals surface area contributed by atoms with Gasteiger partial charge in [0.15, 0.2) is 11.6 Å². The number of rotatable bonds is 8. The van der Waals surface area contributed by atoms with Crippen molar-refractivity contribution in [3.05, 3.63) is 39.9 Å². The third-order valence-corrected chi connectivity index (χ3v) is 7.09. The van der Waals surface area contributed by atoms with E-state index < -0.39 is 11.7 Å². The Hall–Kier alpha value is -3.35. The van der Waals surface area contributed by atoms with Crippen LogP contribution in [0.3, 0.4) is 0 Å². The molecular formula is C25H31F3N6O4. The second-order valence-electron chi connectivity index (χ2n) is 10.0. The molecule has 10 nitrogen and oxygen atoms in total. The fourth-order valence-corrected chi connectivity index (χ4v) is 5.01. The molecule has 38 heavy (non-hydrogen) atoms. The van der Waals surface area contributed by atoms with Crippen molar-refractivity contribution in [2.75, 3.05) is 49.7 Å². The summed E-state index contributed by atoms with van der Waals surface area (Å²) >= 11 is 0. The number of aromatic amines is 1. The maximum atomic E-state index is 13.1. The zero-order valence-corrected chi connectivity index (χ0v) is 21.1. The summed E-state index contributed by atoms with van der Waals surface area (Å²) < 4.78 is 50.6. The Morgan fingerprint density at radius 2 is 2.11 bits per heavy atom. The molecule has 1 amide bonds. The van der Waals surface area contributed by atoms with Crippen molar-refractivity contribution in [2.24, 2.45) is 0 Å². The van der Waals surface area contributed by atoms with E-state index in [9.17, 15) is 22.8 Å². The highest BCUT2D eigenvalue weighted by atomic mass is 19.4. The van der Waals surface area contributed by atoms with Gasteiger partial charge >= 0.3 is 6.18 Å². The van der Waals surface area contributed by atoms with Crippen molar-refractivity contribution < 1.29 is 27.4 Å². The highest BCUT2D eigenvalue weighted by Gasteiger charge is 2.37. The molecule has 4 heterocycles. The normalized spacial score (nSPS) is 20.2. The molecule has 2 aliphatic heterocycles. The average Bonchev–Trinajstić information content (AvgIpc) is 3.72. The number of carbonyl (C=O) groups is 1. The lowest BCUT2D eigenvalue weighted by molar-refractivity contribution is -0.138. The molecule has 3 aliphatic rings. The summed E-state index contributed by atoms with van der Waals surface area (Å²) in [4.78, 5) is 32.7. The Balaban J connectivity index is 1.09. The van der Waals surface area contributed by atoms with E-state index >= 15 is 0 Å². The standard InChI is InChI=1S/C25H31F3N6O4/c1-15(31-19-12-30-32-24(36)22(19)16-2-3-16)14-37-8-5-21(35)33-6-7-34-18(13-33)4-9-38-20-10-17(25(26,27)28)11-29-23(20)34/h10-12,15-16,18H,2-9,13-14H2,1H3,(H2,31,32,36)/t15-,18?/m0/s1. The van der Waals surface area contributed by atoms with Gasteiger partial charge in [0.25, 0.3) is 5.56 Å². The van der Waals surface area contributed by atoms with Crippen LogP contribution in [0.5, 0.6) is 5.75 Å². The molecule has 1 aliphatic carbocycles. The van der Waals surface area contributed by atoms with Gasteiger partial charge in [0.05, 0.1) is 49.7 Å². The van der Waals surface area contributed by atoms with Crippen LogP contribution in [-0.2, 0) is 15.7 Å². The number of alkyl halides is 3. The number of fused-ring (bicyclic) bond motifs is 3. The molecule has 0 spiro atoms. The van der Waals surface area contributed by atoms with E-state index in [1.807, 2.05) is 11.8 Å². The van der Waals surface area contributed by atoms with Crippen molar-refractivity contribution in [1.29, 1.82) is 0 Å². The van der Waals surface area contributed by atoms with Gasteiger partial charge in [0.1, 0.15) is 0 Å². The molecule has 1 saturated heterocycles. The van der Waals surface area contributed by atoms with Gasteiger partial charge in [-0.15, -0.1) is 0 Å². The number of hydrogen-bond acceptors (Lipinski definition) is 8. The van der Waals surface area contributed by atoms with Crippen LogP contribution in [-0.4, -0.2) is 77.5 Å². The second kappa shape index (κ2) is 10.8. The van der Waals surface area contributed by atoms with Crippen molar-refractivity contribution in [3.63, 3.8) is 0 Å². The molecule has 2 N–H and O–H groups in total. The molecule has 2 atom stereocenters. The Bertz CT molecular complexity index is 1220. The minimum Gasteiger partial charge on any atom is -0.490 e. The predicted molar refractivity (Wildman–Crippen MR) is 132 cm³/mol. The zero-order valence-electron chi connectivity index (χ0n) is 21.1. The van der Waals surface area contributed by atoms with Crippen LogP contribution in [0.15, 0.2) is 23.3 Å². The molecule has 206 valence electrons. The summed E-state index contributed by atoms with van der Waals surface area (Å²) in [6, 6.07) is 0.826. The predicted octanol–water partition coefficient (Wildman–Crippen LogP) is 2.77. The Morgan fingerprint density at radius 3 is 2.87 bits per heavy atom. The number of piperazine rings is 1. The molecular weight excluding hydrogens is 505 g/mol. The van der Waals surface area contributed by atoms with Gasteiger partial charge < -0.3 is 24.6 Å². The maximum Gasteiger partial charge on any atom is 0.418 e. The summed E-state index contributed by atoms with van der Waals surface area (Å²) in [7, 11) is 0. The van der Waals surface area contributed by atoms with Gasteiger partial charge in [0, 0.05) is 43.9 Å². The molecule has 0 bridgehead atoms. The van der Waals surface area contributed by atoms with Crippen LogP contribution in [0.1, 0.15) is 49.7 Å². The zero-order chi connectivity index (χ0) is 26.9. The van der Waals surface area contributed by atoms with Crippen LogP contribution >= 0.6 is 0 Å². The minimum absolute atomic E-state index is 0.0363. The van der Waals surface area contributed by atoms with Gasteiger partial charge in [-0.05, 0) is 31.7 Å². The first kappa shape index (κ1) is 26.3. The lowest BCUT2D eigenvalue weighted by Gasteiger charge is -2.41. The van der Waals surface area contributed by atoms with Crippen LogP contribution in [0.2, 0.25) is 0 Å². The monoisotopic (exact) mass is 536 g/mol. The van der Waals surface area contributed by atoms with Crippen LogP contribution in [0, 0.1) is 0 Å². The first-order valence-corrected chi connectivity index (χ1v) is 12.9. The van der Waals surface area contributed by atoms with Gasteiger partial charge in [-0.2, -0.15) is 18.3 Å². The first-order valence-electron chi connectivity index (χ1n) is 12.9. The molecule has 2 aromatic rings. The first-order chi connectivity index (χ1) is 18.2. The number of anilines is 2. The summed E-state index contributed by atoms with van der Waals surface area (Å²) in [5.41, 5.74) is 0.454. The number of nitrogens with zero attached hydrogens (tertiary/aromatic N) is 4. The summed E-state index contributed by atoms with van der Waals surface area (Å²) in [6.07, 6.45) is 0.749. The van der Waals surface area contributed by atoms with Gasteiger partial charge in [-0.25, -0.2) is 10.1 Å². The lowest BCUT2D eigenvalue weighted by Crippen LogP contribution is -2.55. The quantitative estimate of drug-likeness (QED) is 0.496. The van der Waals surface area contributed by atoms with E-state index in [1.54, 1.807) is 11.1 Å². The molecule has 2 aromatic heterocycles. The topological polar surface area (TPSA) is 113 Å². The molecule has 0 aromatic carbocycles. The molecule has 1 unspecified atom stereocenters. The second-order valence-corrected chi connectivity index (χ2v) is 10.0. The number of nitrogens with one attached hydrogen (secondary N) is 2. The van der Waals surface area contributed by atoms with Crippen LogP contribution in [0.4, 0.5) is 24.7 Å². The van der Waals surface area contributed by atoms with Gasteiger partial charge in [-0.1, -0.05) is 0 Å². The fraction of sp³-hybridized carbons (Fsp3) is 0.600. The third kappa shape index (κ3) is 5.87. The van der Waals surface area contributed by atoms with E-state index in [1.165, 1.54) is 0 Å². The average molecular weight is 537 g/mol. The SMILES string of the molecule is C[C@@H](COCCC(=O)N1CCN2c3ncc(C(F)(F)F)cc3OCCC2C1)Nc1cn[nH]c(=O)c1C1CC1. The third-order valence-electron chi connectivity index (χ3n) is 7.09. The van der Waals surface area contributed by atoms with E-state index in [2.05, 4.69) is 20.5 Å². The number of hydrogen-bond donors (Lipinski definition) is 2. The highest BCUT2D eigenvalue weighted by molar-refractivity contribution is 5.76. The minimum atomic E-state index is -4.49. The Morgan fingerprint density at radius 1 is 1.29 bits per heavy atom. The van der Waals surface area contributed by atoms with Crippen molar-refractivity contribution >= 4 is 17.4 Å². The van der Waals surface area contributed by atoms with Crippen molar-refractivity contribution in [3.8, 4) is 5.75 Å². The number of halogens is 3. The smallest absolute Gasteiger partial charge is 0.418 e. The molecule has 13 heteroatoms. The number of carbonyl (C=O) groups excluding carboxylic acids is 1. The van der Waals surface area contributed by atoms with Crippen molar-refractivity contribution in [1.82, 2.24) is 20.1 Å². The van der Waals surface area contributed by atoms with E-state index in [0.717, 1.165) is 36.4 Å². The largest absolute Gasteiger partial charge is 0.490 e. The summed E-state index contributed by atoms with van der Waals surface area (Å²) in [5, 5.41) is 9.67. The molecule has 1 saturated carbocycles. The molecule has 2 fully saturated rings. The van der Waals surface area contributed by atoms with Gasteiger partial charge in [0.2, 0.25) is 5.91 Å². The van der Waals surface area contributed by atoms with E-state index in [-0.39, 0.29) is 54.9 Å². The highest BCUT2D eigenvalue weighted by Crippen LogP contribution is 2.41. The van der Waals surface area contributed by atoms with E-state index in [0.29, 0.717) is 38.5 Å². The molecule has 5 rings (SSSR count). The molecule has 0 radical (unpaired) electrons. The number of H-pyrrole nitrogens is 1. The summed E-state index contributed by atoms with van der Waals surface area (Å²) in [5.74, 6) is 0.749. The Kier molecular flexibility index (Phi) is 7.46.